The fourth-order valence-corrected chi connectivity index (χ4v) is 2.18. The van der Waals surface area contributed by atoms with E-state index in [1.807, 2.05) is 0 Å². The molecule has 0 radical (unpaired) electrons. The molecule has 0 amide bonds. The number of benzene rings is 1. The first-order chi connectivity index (χ1) is 10.2. The highest BCUT2D eigenvalue weighted by molar-refractivity contribution is 5.93. The molecule has 0 aromatic heterocycles. The molecule has 1 aliphatic rings. The quantitative estimate of drug-likeness (QED) is 0.839. The first-order valence-corrected chi connectivity index (χ1v) is 6.45. The van der Waals surface area contributed by atoms with E-state index in [9.17, 15) is 23.1 Å². The second-order valence-electron chi connectivity index (χ2n) is 4.58. The van der Waals surface area contributed by atoms with Gasteiger partial charge in [0, 0.05) is 16.9 Å². The van der Waals surface area contributed by atoms with E-state index in [0.29, 0.717) is 11.4 Å². The Labute approximate surface area is 124 Å². The molecule has 1 atom stereocenters. The third kappa shape index (κ3) is 3.33. The molecule has 0 saturated carbocycles. The Morgan fingerprint density at radius 3 is 2.68 bits per heavy atom. The number of carbonyl (C=O) groups is 1. The molecule has 0 saturated heterocycles. The number of nitrogens with one attached hydrogen (secondary N) is 1. The summed E-state index contributed by atoms with van der Waals surface area (Å²) < 4.78 is 45.4. The van der Waals surface area contributed by atoms with Gasteiger partial charge in [-0.2, -0.15) is 0 Å². The summed E-state index contributed by atoms with van der Waals surface area (Å²) in [7, 11) is 0. The molecule has 0 spiro atoms. The summed E-state index contributed by atoms with van der Waals surface area (Å²) in [6, 6.07) is 3.49. The van der Waals surface area contributed by atoms with Gasteiger partial charge in [0.15, 0.2) is 0 Å². The van der Waals surface area contributed by atoms with E-state index >= 15 is 0 Å². The van der Waals surface area contributed by atoms with Crippen molar-refractivity contribution in [3.05, 3.63) is 35.0 Å². The Kier molecular flexibility index (Phi) is 4.32. The lowest BCUT2D eigenvalue weighted by molar-refractivity contribution is -0.274. The number of rotatable bonds is 3. The van der Waals surface area contributed by atoms with E-state index in [1.54, 1.807) is 13.8 Å². The van der Waals surface area contributed by atoms with Crippen molar-refractivity contribution in [2.45, 2.75) is 26.3 Å². The third-order valence-electron chi connectivity index (χ3n) is 3.05. The predicted molar refractivity (Wildman–Crippen MR) is 71.0 cm³/mol. The zero-order chi connectivity index (χ0) is 16.5. The number of halogens is 3. The standard InChI is InChI=1S/C14H14F3NO4/c1-3-21-13(20)11-7(2)18-10-5-4-8(22-14(15,16)17)6-9(10)12(11)19/h4-6,12,18-19H,3H2,1-2H3. The van der Waals surface area contributed by atoms with E-state index in [-0.39, 0.29) is 17.7 Å². The molecule has 1 aromatic carbocycles. The molecular formula is C14H14F3NO4. The number of esters is 1. The van der Waals surface area contributed by atoms with E-state index in [1.165, 1.54) is 6.07 Å². The van der Waals surface area contributed by atoms with Gasteiger partial charge < -0.3 is 19.9 Å². The predicted octanol–water partition coefficient (Wildman–Crippen LogP) is 2.88. The lowest BCUT2D eigenvalue weighted by atomic mass is 9.94. The third-order valence-corrected chi connectivity index (χ3v) is 3.05. The number of hydrogen-bond donors (Lipinski definition) is 2. The molecule has 120 valence electrons. The second kappa shape index (κ2) is 5.88. The van der Waals surface area contributed by atoms with Gasteiger partial charge in [0.05, 0.1) is 12.2 Å². The Morgan fingerprint density at radius 2 is 2.09 bits per heavy atom. The molecule has 1 aliphatic heterocycles. The van der Waals surface area contributed by atoms with Crippen LogP contribution in [0.1, 0.15) is 25.5 Å². The van der Waals surface area contributed by atoms with Crippen LogP contribution in [0.25, 0.3) is 0 Å². The largest absolute Gasteiger partial charge is 0.573 e. The first-order valence-electron chi connectivity index (χ1n) is 6.45. The van der Waals surface area contributed by atoms with Gasteiger partial charge in [-0.3, -0.25) is 0 Å². The number of ether oxygens (including phenoxy) is 2. The molecule has 22 heavy (non-hydrogen) atoms. The van der Waals surface area contributed by atoms with Crippen molar-refractivity contribution < 1.29 is 32.5 Å². The molecule has 0 aliphatic carbocycles. The van der Waals surface area contributed by atoms with Crippen LogP contribution in [0.3, 0.4) is 0 Å². The Bertz CT molecular complexity index is 625. The van der Waals surface area contributed by atoms with Gasteiger partial charge in [0.1, 0.15) is 11.9 Å². The van der Waals surface area contributed by atoms with Crippen LogP contribution in [0.4, 0.5) is 18.9 Å². The maximum atomic E-state index is 12.3. The van der Waals surface area contributed by atoms with Gasteiger partial charge >= 0.3 is 12.3 Å². The van der Waals surface area contributed by atoms with Crippen LogP contribution in [0.2, 0.25) is 0 Å². The number of hydrogen-bond acceptors (Lipinski definition) is 5. The first kappa shape index (κ1) is 16.2. The average molecular weight is 317 g/mol. The van der Waals surface area contributed by atoms with Crippen LogP contribution >= 0.6 is 0 Å². The molecule has 2 N–H and O–H groups in total. The Morgan fingerprint density at radius 1 is 1.41 bits per heavy atom. The molecule has 1 unspecified atom stereocenters. The average Bonchev–Trinajstić information content (AvgIpc) is 2.38. The number of aliphatic hydroxyl groups excluding tert-OH is 1. The van der Waals surface area contributed by atoms with E-state index in [2.05, 4.69) is 10.1 Å². The minimum absolute atomic E-state index is 0.0430. The molecule has 0 fully saturated rings. The highest BCUT2D eigenvalue weighted by Crippen LogP contribution is 2.39. The van der Waals surface area contributed by atoms with Crippen molar-refractivity contribution in [2.24, 2.45) is 0 Å². The van der Waals surface area contributed by atoms with E-state index in [4.69, 9.17) is 4.74 Å². The lowest BCUT2D eigenvalue weighted by Gasteiger charge is -2.26. The molecule has 8 heteroatoms. The number of anilines is 1. The van der Waals surface area contributed by atoms with Crippen LogP contribution in [0, 0.1) is 0 Å². The van der Waals surface area contributed by atoms with Crippen molar-refractivity contribution in [1.82, 2.24) is 0 Å². The monoisotopic (exact) mass is 317 g/mol. The van der Waals surface area contributed by atoms with Gasteiger partial charge in [-0.15, -0.1) is 13.2 Å². The van der Waals surface area contributed by atoms with Gasteiger partial charge in [-0.25, -0.2) is 4.79 Å². The highest BCUT2D eigenvalue weighted by atomic mass is 19.4. The van der Waals surface area contributed by atoms with Crippen LogP contribution in [-0.4, -0.2) is 24.0 Å². The second-order valence-corrected chi connectivity index (χ2v) is 4.58. The minimum Gasteiger partial charge on any atom is -0.462 e. The summed E-state index contributed by atoms with van der Waals surface area (Å²) in [4.78, 5) is 11.9. The number of carbonyl (C=O) groups excluding carboxylic acids is 1. The van der Waals surface area contributed by atoms with Crippen molar-refractivity contribution in [2.75, 3.05) is 11.9 Å². The van der Waals surface area contributed by atoms with Gasteiger partial charge in [-0.05, 0) is 32.0 Å². The van der Waals surface area contributed by atoms with Gasteiger partial charge in [0.2, 0.25) is 0 Å². The molecular weight excluding hydrogens is 303 g/mol. The van der Waals surface area contributed by atoms with Gasteiger partial charge in [-0.1, -0.05) is 0 Å². The summed E-state index contributed by atoms with van der Waals surface area (Å²) in [6.45, 7) is 3.30. The SMILES string of the molecule is CCOC(=O)C1=C(C)Nc2ccc(OC(F)(F)F)cc2C1O. The van der Waals surface area contributed by atoms with E-state index in [0.717, 1.165) is 12.1 Å². The zero-order valence-electron chi connectivity index (χ0n) is 11.8. The Balaban J connectivity index is 2.36. The van der Waals surface area contributed by atoms with Crippen LogP contribution < -0.4 is 10.1 Å². The van der Waals surface area contributed by atoms with E-state index < -0.39 is 24.2 Å². The Hall–Kier alpha value is -2.22. The van der Waals surface area contributed by atoms with Crippen LogP contribution in [-0.2, 0) is 9.53 Å². The molecule has 5 nitrogen and oxygen atoms in total. The molecule has 0 bridgehead atoms. The maximum Gasteiger partial charge on any atom is 0.573 e. The number of alkyl halides is 3. The minimum atomic E-state index is -4.84. The van der Waals surface area contributed by atoms with Crippen LogP contribution in [0.5, 0.6) is 5.75 Å². The van der Waals surface area contributed by atoms with Crippen molar-refractivity contribution in [3.8, 4) is 5.75 Å². The normalized spacial score (nSPS) is 17.6. The molecule has 2 rings (SSSR count). The maximum absolute atomic E-state index is 12.3. The number of aliphatic hydroxyl groups is 1. The van der Waals surface area contributed by atoms with Gasteiger partial charge in [0.25, 0.3) is 0 Å². The molecule has 1 aromatic rings. The fraction of sp³-hybridized carbons (Fsp3) is 0.357. The lowest BCUT2D eigenvalue weighted by Crippen LogP contribution is -2.24. The summed E-state index contributed by atoms with van der Waals surface area (Å²) in [5.41, 5.74) is 0.837. The number of fused-ring (bicyclic) bond motifs is 1. The van der Waals surface area contributed by atoms with Crippen molar-refractivity contribution in [3.63, 3.8) is 0 Å². The molecule has 1 heterocycles. The van der Waals surface area contributed by atoms with Crippen molar-refractivity contribution in [1.29, 1.82) is 0 Å². The highest BCUT2D eigenvalue weighted by Gasteiger charge is 2.34. The van der Waals surface area contributed by atoms with Crippen molar-refractivity contribution >= 4 is 11.7 Å². The summed E-state index contributed by atoms with van der Waals surface area (Å²) in [5, 5.41) is 13.1. The van der Waals surface area contributed by atoms with Crippen LogP contribution in [0.15, 0.2) is 29.5 Å². The topological polar surface area (TPSA) is 67.8 Å². The smallest absolute Gasteiger partial charge is 0.462 e. The summed E-state index contributed by atoms with van der Waals surface area (Å²) in [5.74, 6) is -1.21. The number of allylic oxidation sites excluding steroid dienone is 1. The summed E-state index contributed by atoms with van der Waals surface area (Å²) >= 11 is 0. The zero-order valence-corrected chi connectivity index (χ0v) is 11.8. The fourth-order valence-electron chi connectivity index (χ4n) is 2.18. The summed E-state index contributed by atoms with van der Waals surface area (Å²) in [6.07, 6.45) is -6.23.